The third kappa shape index (κ3) is 4.95. The van der Waals surface area contributed by atoms with Crippen LogP contribution >= 0.6 is 0 Å². The number of amides is 1. The second-order valence-corrected chi connectivity index (χ2v) is 3.77. The number of carbonyl (C=O) groups is 2. The van der Waals surface area contributed by atoms with E-state index < -0.39 is 0 Å². The summed E-state index contributed by atoms with van der Waals surface area (Å²) in [5, 5.41) is 2.58. The Bertz CT molecular complexity index is 420. The number of esters is 1. The first-order valence-corrected chi connectivity index (χ1v) is 5.70. The van der Waals surface area contributed by atoms with Crippen LogP contribution in [0.1, 0.15) is 18.4 Å². The Labute approximate surface area is 105 Å². The molecule has 1 N–H and O–H groups in total. The lowest BCUT2D eigenvalue weighted by atomic mass is 10.1. The van der Waals surface area contributed by atoms with Gasteiger partial charge in [0.05, 0.1) is 13.5 Å². The van der Waals surface area contributed by atoms with Crippen LogP contribution in [0.15, 0.2) is 24.3 Å². The monoisotopic (exact) mass is 253 g/mol. The smallest absolute Gasteiger partial charge is 0.307 e. The molecule has 0 aromatic heterocycles. The molecule has 1 rings (SSSR count). The Balaban J connectivity index is 2.25. The molecule has 1 aromatic rings. The van der Waals surface area contributed by atoms with E-state index in [2.05, 4.69) is 10.1 Å². The number of rotatable bonds is 6. The Morgan fingerprint density at radius 2 is 2.00 bits per heavy atom. The summed E-state index contributed by atoms with van der Waals surface area (Å²) in [5.41, 5.74) is 0.514. The summed E-state index contributed by atoms with van der Waals surface area (Å²) in [6, 6.07) is 6.35. The van der Waals surface area contributed by atoms with Crippen LogP contribution in [0.2, 0.25) is 0 Å². The zero-order valence-corrected chi connectivity index (χ0v) is 10.2. The first kappa shape index (κ1) is 14.2. The van der Waals surface area contributed by atoms with Crippen molar-refractivity contribution in [2.75, 3.05) is 13.7 Å². The molecule has 98 valence electrons. The molecule has 0 unspecified atom stereocenters. The van der Waals surface area contributed by atoms with Gasteiger partial charge in [-0.05, 0) is 18.1 Å². The van der Waals surface area contributed by atoms with Crippen LogP contribution < -0.4 is 5.32 Å². The molecule has 1 aromatic carbocycles. The van der Waals surface area contributed by atoms with E-state index in [4.69, 9.17) is 0 Å². The topological polar surface area (TPSA) is 55.4 Å². The second kappa shape index (κ2) is 7.42. The number of carbonyl (C=O) groups excluding carboxylic acids is 2. The van der Waals surface area contributed by atoms with E-state index in [1.54, 1.807) is 18.2 Å². The van der Waals surface area contributed by atoms with E-state index in [0.29, 0.717) is 12.0 Å². The zero-order chi connectivity index (χ0) is 13.4. The van der Waals surface area contributed by atoms with Crippen LogP contribution in [0.3, 0.4) is 0 Å². The van der Waals surface area contributed by atoms with E-state index in [0.717, 1.165) is 0 Å². The number of benzene rings is 1. The summed E-state index contributed by atoms with van der Waals surface area (Å²) < 4.78 is 17.7. The summed E-state index contributed by atoms with van der Waals surface area (Å²) in [6.07, 6.45) is 0.681. The summed E-state index contributed by atoms with van der Waals surface area (Å²) in [5.74, 6) is -0.883. The van der Waals surface area contributed by atoms with E-state index in [1.165, 1.54) is 13.2 Å². The Morgan fingerprint density at radius 3 is 2.67 bits per heavy atom. The van der Waals surface area contributed by atoms with E-state index >= 15 is 0 Å². The maximum Gasteiger partial charge on any atom is 0.307 e. The number of ether oxygens (including phenoxy) is 1. The molecule has 18 heavy (non-hydrogen) atoms. The second-order valence-electron chi connectivity index (χ2n) is 3.77. The molecule has 0 fully saturated rings. The van der Waals surface area contributed by atoms with Crippen molar-refractivity contribution in [3.63, 3.8) is 0 Å². The maximum atomic E-state index is 13.3. The van der Waals surface area contributed by atoms with E-state index in [1.807, 2.05) is 0 Å². The number of hydrogen-bond acceptors (Lipinski definition) is 3. The van der Waals surface area contributed by atoms with Gasteiger partial charge in [0.2, 0.25) is 5.91 Å². The summed E-state index contributed by atoms with van der Waals surface area (Å²) >= 11 is 0. The van der Waals surface area contributed by atoms with Gasteiger partial charge >= 0.3 is 5.97 Å². The van der Waals surface area contributed by atoms with Gasteiger partial charge in [0.15, 0.2) is 0 Å². The minimum atomic E-state index is -0.371. The minimum absolute atomic E-state index is 0.141. The molecule has 0 spiro atoms. The molecule has 1 amide bonds. The molecule has 0 bridgehead atoms. The van der Waals surface area contributed by atoms with Crippen LogP contribution in [0, 0.1) is 5.82 Å². The highest BCUT2D eigenvalue weighted by Gasteiger charge is 2.06. The highest BCUT2D eigenvalue weighted by molar-refractivity contribution is 5.77. The molecule has 5 heteroatoms. The maximum absolute atomic E-state index is 13.3. The van der Waals surface area contributed by atoms with Crippen molar-refractivity contribution in [2.24, 2.45) is 0 Å². The van der Waals surface area contributed by atoms with Crippen molar-refractivity contribution in [1.29, 1.82) is 0 Å². The lowest BCUT2D eigenvalue weighted by Crippen LogP contribution is -2.26. The van der Waals surface area contributed by atoms with E-state index in [9.17, 15) is 14.0 Å². The highest BCUT2D eigenvalue weighted by atomic mass is 19.1. The van der Waals surface area contributed by atoms with Gasteiger partial charge in [0.25, 0.3) is 0 Å². The summed E-state index contributed by atoms with van der Waals surface area (Å²) in [4.78, 5) is 22.2. The number of methoxy groups -OCH3 is 1. The predicted molar refractivity (Wildman–Crippen MR) is 64.4 cm³/mol. The van der Waals surface area contributed by atoms with Gasteiger partial charge in [-0.2, -0.15) is 0 Å². The molecular formula is C13H16FNO3. The standard InChI is InChI=1S/C13H16FNO3/c1-18-13(17)8-9-15-12(16)7-6-10-4-2-3-5-11(10)14/h2-5H,6-9H2,1H3,(H,15,16). The van der Waals surface area contributed by atoms with Crippen molar-refractivity contribution in [2.45, 2.75) is 19.3 Å². The van der Waals surface area contributed by atoms with Crippen LogP contribution in [0.25, 0.3) is 0 Å². The lowest BCUT2D eigenvalue weighted by Gasteiger charge is -2.05. The average molecular weight is 253 g/mol. The van der Waals surface area contributed by atoms with Crippen molar-refractivity contribution in [1.82, 2.24) is 5.32 Å². The van der Waals surface area contributed by atoms with Gasteiger partial charge in [0.1, 0.15) is 5.82 Å². The molecule has 0 saturated carbocycles. The first-order chi connectivity index (χ1) is 8.63. The predicted octanol–water partition coefficient (Wildman–Crippen LogP) is 1.44. The molecule has 0 saturated heterocycles. The number of halogens is 1. The molecule has 0 atom stereocenters. The SMILES string of the molecule is COC(=O)CCNC(=O)CCc1ccccc1F. The van der Waals surface area contributed by atoms with E-state index in [-0.39, 0.29) is 37.1 Å². The third-order valence-corrected chi connectivity index (χ3v) is 2.46. The minimum Gasteiger partial charge on any atom is -0.469 e. The van der Waals surface area contributed by atoms with Crippen LogP contribution in [-0.2, 0) is 20.7 Å². The highest BCUT2D eigenvalue weighted by Crippen LogP contribution is 2.08. The van der Waals surface area contributed by atoms with Gasteiger partial charge in [0, 0.05) is 13.0 Å². The zero-order valence-electron chi connectivity index (χ0n) is 10.2. The Kier molecular flexibility index (Phi) is 5.84. The van der Waals surface area contributed by atoms with Gasteiger partial charge in [-0.25, -0.2) is 4.39 Å². The summed E-state index contributed by atoms with van der Waals surface area (Å²) in [7, 11) is 1.29. The average Bonchev–Trinajstić information content (AvgIpc) is 2.37. The normalized spacial score (nSPS) is 9.89. The molecule has 0 heterocycles. The molecule has 0 radical (unpaired) electrons. The largest absolute Gasteiger partial charge is 0.469 e. The Hall–Kier alpha value is -1.91. The molecule has 0 aliphatic carbocycles. The number of hydrogen-bond donors (Lipinski definition) is 1. The number of aryl methyl sites for hydroxylation is 1. The van der Waals surface area contributed by atoms with Crippen molar-refractivity contribution in [3.05, 3.63) is 35.6 Å². The van der Waals surface area contributed by atoms with Gasteiger partial charge < -0.3 is 10.1 Å². The van der Waals surface area contributed by atoms with Crippen LogP contribution in [0.4, 0.5) is 4.39 Å². The number of nitrogens with one attached hydrogen (secondary N) is 1. The molecule has 0 aliphatic heterocycles. The Morgan fingerprint density at radius 1 is 1.28 bits per heavy atom. The first-order valence-electron chi connectivity index (χ1n) is 5.70. The third-order valence-electron chi connectivity index (χ3n) is 2.46. The fourth-order valence-electron chi connectivity index (χ4n) is 1.44. The van der Waals surface area contributed by atoms with Gasteiger partial charge in [-0.15, -0.1) is 0 Å². The quantitative estimate of drug-likeness (QED) is 0.780. The van der Waals surface area contributed by atoms with Crippen molar-refractivity contribution >= 4 is 11.9 Å². The van der Waals surface area contributed by atoms with Crippen LogP contribution in [-0.4, -0.2) is 25.5 Å². The molecular weight excluding hydrogens is 237 g/mol. The summed E-state index contributed by atoms with van der Waals surface area (Å²) in [6.45, 7) is 0.239. The fourth-order valence-corrected chi connectivity index (χ4v) is 1.44. The molecule has 0 aliphatic rings. The fraction of sp³-hybridized carbons (Fsp3) is 0.385. The van der Waals surface area contributed by atoms with Crippen molar-refractivity contribution in [3.8, 4) is 0 Å². The molecule has 4 nitrogen and oxygen atoms in total. The van der Waals surface area contributed by atoms with Gasteiger partial charge in [-0.1, -0.05) is 18.2 Å². The lowest BCUT2D eigenvalue weighted by molar-refractivity contribution is -0.140. The van der Waals surface area contributed by atoms with Crippen molar-refractivity contribution < 1.29 is 18.7 Å². The van der Waals surface area contributed by atoms with Gasteiger partial charge in [-0.3, -0.25) is 9.59 Å². The van der Waals surface area contributed by atoms with Crippen LogP contribution in [0.5, 0.6) is 0 Å².